The van der Waals surface area contributed by atoms with Crippen LogP contribution in [0.5, 0.6) is 5.88 Å². The Hall–Kier alpha value is -1.09. The molecule has 0 saturated heterocycles. The van der Waals surface area contributed by atoms with Gasteiger partial charge in [0.25, 0.3) is 0 Å². The van der Waals surface area contributed by atoms with Crippen LogP contribution in [0.25, 0.3) is 0 Å². The van der Waals surface area contributed by atoms with Gasteiger partial charge in [0, 0.05) is 17.8 Å². The van der Waals surface area contributed by atoms with Gasteiger partial charge >= 0.3 is 0 Å². The molecule has 0 amide bonds. The summed E-state index contributed by atoms with van der Waals surface area (Å²) >= 11 is 0. The summed E-state index contributed by atoms with van der Waals surface area (Å²) in [5, 5.41) is 3.34. The SMILES string of the molecule is CCNC(C)c1cccnc1OCC. The minimum absolute atomic E-state index is 0.287. The van der Waals surface area contributed by atoms with E-state index in [0.29, 0.717) is 6.61 Å². The molecule has 0 aliphatic heterocycles. The second-order valence-corrected chi connectivity index (χ2v) is 3.11. The molecule has 1 heterocycles. The van der Waals surface area contributed by atoms with Gasteiger partial charge in [0.2, 0.25) is 5.88 Å². The second kappa shape index (κ2) is 5.60. The van der Waals surface area contributed by atoms with Crippen molar-refractivity contribution in [2.75, 3.05) is 13.2 Å². The summed E-state index contributed by atoms with van der Waals surface area (Å²) in [7, 11) is 0. The van der Waals surface area contributed by atoms with E-state index in [-0.39, 0.29) is 6.04 Å². The van der Waals surface area contributed by atoms with E-state index in [1.165, 1.54) is 0 Å². The van der Waals surface area contributed by atoms with Crippen molar-refractivity contribution in [1.29, 1.82) is 0 Å². The molecular weight excluding hydrogens is 176 g/mol. The van der Waals surface area contributed by atoms with Crippen molar-refractivity contribution in [2.24, 2.45) is 0 Å². The number of aromatic nitrogens is 1. The predicted molar refractivity (Wildman–Crippen MR) is 57.5 cm³/mol. The van der Waals surface area contributed by atoms with Crippen molar-refractivity contribution >= 4 is 0 Å². The normalized spacial score (nSPS) is 12.5. The van der Waals surface area contributed by atoms with Crippen LogP contribution < -0.4 is 10.1 Å². The van der Waals surface area contributed by atoms with Crippen molar-refractivity contribution in [3.63, 3.8) is 0 Å². The van der Waals surface area contributed by atoms with Gasteiger partial charge in [0.15, 0.2) is 0 Å². The summed E-state index contributed by atoms with van der Waals surface area (Å²) < 4.78 is 5.45. The van der Waals surface area contributed by atoms with Gasteiger partial charge in [-0.25, -0.2) is 4.98 Å². The quantitative estimate of drug-likeness (QED) is 0.780. The predicted octanol–water partition coefficient (Wildman–Crippen LogP) is 2.15. The first-order valence-corrected chi connectivity index (χ1v) is 5.10. The molecule has 0 fully saturated rings. The van der Waals surface area contributed by atoms with E-state index in [0.717, 1.165) is 18.0 Å². The van der Waals surface area contributed by atoms with Crippen LogP contribution in [0.3, 0.4) is 0 Å². The highest BCUT2D eigenvalue weighted by Gasteiger charge is 2.10. The highest BCUT2D eigenvalue weighted by Crippen LogP contribution is 2.21. The van der Waals surface area contributed by atoms with Crippen molar-refractivity contribution in [3.05, 3.63) is 23.9 Å². The smallest absolute Gasteiger partial charge is 0.218 e. The van der Waals surface area contributed by atoms with Crippen LogP contribution in [0.4, 0.5) is 0 Å². The molecule has 1 unspecified atom stereocenters. The van der Waals surface area contributed by atoms with E-state index in [1.807, 2.05) is 19.1 Å². The van der Waals surface area contributed by atoms with E-state index in [4.69, 9.17) is 4.74 Å². The molecule has 1 atom stereocenters. The van der Waals surface area contributed by atoms with Crippen molar-refractivity contribution in [3.8, 4) is 5.88 Å². The van der Waals surface area contributed by atoms with Crippen LogP contribution in [0, 0.1) is 0 Å². The van der Waals surface area contributed by atoms with Crippen LogP contribution in [0.15, 0.2) is 18.3 Å². The number of ether oxygens (including phenoxy) is 1. The third-order valence-corrected chi connectivity index (χ3v) is 2.06. The molecule has 0 spiro atoms. The highest BCUT2D eigenvalue weighted by atomic mass is 16.5. The zero-order valence-corrected chi connectivity index (χ0v) is 9.08. The van der Waals surface area contributed by atoms with Crippen molar-refractivity contribution in [2.45, 2.75) is 26.8 Å². The number of pyridine rings is 1. The molecule has 0 bridgehead atoms. The lowest BCUT2D eigenvalue weighted by molar-refractivity contribution is 0.319. The maximum Gasteiger partial charge on any atom is 0.218 e. The highest BCUT2D eigenvalue weighted by molar-refractivity contribution is 5.28. The summed E-state index contributed by atoms with van der Waals surface area (Å²) in [6.45, 7) is 7.77. The second-order valence-electron chi connectivity index (χ2n) is 3.11. The maximum atomic E-state index is 5.45. The Bertz CT molecular complexity index is 276. The molecule has 0 aliphatic rings. The van der Waals surface area contributed by atoms with Crippen molar-refractivity contribution in [1.82, 2.24) is 10.3 Å². The lowest BCUT2D eigenvalue weighted by Crippen LogP contribution is -2.18. The minimum atomic E-state index is 0.287. The lowest BCUT2D eigenvalue weighted by Gasteiger charge is -2.15. The van der Waals surface area contributed by atoms with Gasteiger partial charge in [-0.15, -0.1) is 0 Å². The van der Waals surface area contributed by atoms with Gasteiger partial charge in [-0.3, -0.25) is 0 Å². The fraction of sp³-hybridized carbons (Fsp3) is 0.545. The summed E-state index contributed by atoms with van der Waals surface area (Å²) in [5.74, 6) is 0.739. The van der Waals surface area contributed by atoms with Crippen LogP contribution in [-0.4, -0.2) is 18.1 Å². The summed E-state index contributed by atoms with van der Waals surface area (Å²) in [6.07, 6.45) is 1.76. The van der Waals surface area contributed by atoms with E-state index in [9.17, 15) is 0 Å². The van der Waals surface area contributed by atoms with E-state index in [2.05, 4.69) is 24.1 Å². The molecule has 3 nitrogen and oxygen atoms in total. The van der Waals surface area contributed by atoms with Gasteiger partial charge in [0.1, 0.15) is 0 Å². The lowest BCUT2D eigenvalue weighted by atomic mass is 10.1. The van der Waals surface area contributed by atoms with E-state index in [1.54, 1.807) is 6.20 Å². The molecular formula is C11H18N2O. The van der Waals surface area contributed by atoms with E-state index >= 15 is 0 Å². The maximum absolute atomic E-state index is 5.45. The number of nitrogens with zero attached hydrogens (tertiary/aromatic N) is 1. The monoisotopic (exact) mass is 194 g/mol. The fourth-order valence-corrected chi connectivity index (χ4v) is 1.41. The van der Waals surface area contributed by atoms with Gasteiger partial charge < -0.3 is 10.1 Å². The first-order valence-electron chi connectivity index (χ1n) is 5.10. The average Bonchev–Trinajstić information content (AvgIpc) is 2.19. The molecule has 3 heteroatoms. The molecule has 0 radical (unpaired) electrons. The fourth-order valence-electron chi connectivity index (χ4n) is 1.41. The molecule has 1 aromatic rings. The molecule has 1 aromatic heterocycles. The van der Waals surface area contributed by atoms with Crippen LogP contribution >= 0.6 is 0 Å². The van der Waals surface area contributed by atoms with Crippen LogP contribution in [0.1, 0.15) is 32.4 Å². The largest absolute Gasteiger partial charge is 0.478 e. The molecule has 1 N–H and O–H groups in total. The Kier molecular flexibility index (Phi) is 4.40. The van der Waals surface area contributed by atoms with Gasteiger partial charge in [0.05, 0.1) is 6.61 Å². The van der Waals surface area contributed by atoms with Gasteiger partial charge in [-0.1, -0.05) is 13.0 Å². The summed E-state index contributed by atoms with van der Waals surface area (Å²) in [6, 6.07) is 4.27. The first-order chi connectivity index (χ1) is 6.79. The zero-order valence-electron chi connectivity index (χ0n) is 9.08. The Morgan fingerprint density at radius 3 is 2.93 bits per heavy atom. The molecule has 78 valence electrons. The Morgan fingerprint density at radius 2 is 2.29 bits per heavy atom. The number of hydrogen-bond acceptors (Lipinski definition) is 3. The average molecular weight is 194 g/mol. The zero-order chi connectivity index (χ0) is 10.4. The Balaban J connectivity index is 2.82. The summed E-state index contributed by atoms with van der Waals surface area (Å²) in [4.78, 5) is 4.21. The van der Waals surface area contributed by atoms with Crippen LogP contribution in [0.2, 0.25) is 0 Å². The van der Waals surface area contributed by atoms with Gasteiger partial charge in [-0.05, 0) is 26.5 Å². The Morgan fingerprint density at radius 1 is 1.50 bits per heavy atom. The van der Waals surface area contributed by atoms with Gasteiger partial charge in [-0.2, -0.15) is 0 Å². The standard InChI is InChI=1S/C11H18N2O/c1-4-12-9(3)10-7-6-8-13-11(10)14-5-2/h6-9,12H,4-5H2,1-3H3. The number of hydrogen-bond donors (Lipinski definition) is 1. The topological polar surface area (TPSA) is 34.2 Å². The summed E-state index contributed by atoms with van der Waals surface area (Å²) in [5.41, 5.74) is 1.12. The van der Waals surface area contributed by atoms with E-state index < -0.39 is 0 Å². The van der Waals surface area contributed by atoms with Crippen molar-refractivity contribution < 1.29 is 4.74 Å². The third kappa shape index (κ3) is 2.70. The third-order valence-electron chi connectivity index (χ3n) is 2.06. The molecule has 1 rings (SSSR count). The molecule has 0 saturated carbocycles. The molecule has 14 heavy (non-hydrogen) atoms. The molecule has 0 aromatic carbocycles. The first kappa shape index (κ1) is 11.0. The number of rotatable bonds is 5. The number of nitrogens with one attached hydrogen (secondary N) is 1. The minimum Gasteiger partial charge on any atom is -0.478 e. The van der Waals surface area contributed by atoms with Crippen LogP contribution in [-0.2, 0) is 0 Å². The Labute approximate surface area is 85.5 Å². The molecule has 0 aliphatic carbocycles.